The van der Waals surface area contributed by atoms with Gasteiger partial charge in [0, 0.05) is 12.7 Å². The molecule has 0 atom stereocenters. The molecule has 21 heavy (non-hydrogen) atoms. The Hall–Kier alpha value is -2.12. The van der Waals surface area contributed by atoms with E-state index in [1.165, 1.54) is 0 Å². The van der Waals surface area contributed by atoms with Crippen molar-refractivity contribution < 1.29 is 17.9 Å². The quantitative estimate of drug-likeness (QED) is 0.925. The molecule has 0 bridgehead atoms. The molecule has 3 rings (SSSR count). The lowest BCUT2D eigenvalue weighted by Crippen LogP contribution is -2.13. The minimum atomic E-state index is -3.34. The van der Waals surface area contributed by atoms with Gasteiger partial charge in [0.25, 0.3) is 0 Å². The summed E-state index contributed by atoms with van der Waals surface area (Å²) in [5, 5.41) is 0. The number of ether oxygens (including phenoxy) is 2. The molecule has 0 aliphatic carbocycles. The van der Waals surface area contributed by atoms with Crippen LogP contribution in [0.5, 0.6) is 11.5 Å². The molecule has 2 heterocycles. The first-order valence-corrected chi connectivity index (χ1v) is 7.82. The topological polar surface area (TPSA) is 77.5 Å². The molecular formula is C14H14N2O4S. The predicted octanol–water partition coefficient (Wildman–Crippen LogP) is 1.46. The third-order valence-electron chi connectivity index (χ3n) is 3.22. The number of benzene rings is 1. The van der Waals surface area contributed by atoms with Gasteiger partial charge in [0.2, 0.25) is 10.0 Å². The third-order valence-corrected chi connectivity index (χ3v) is 4.72. The van der Waals surface area contributed by atoms with Crippen molar-refractivity contribution in [1.82, 2.24) is 9.71 Å². The fourth-order valence-electron chi connectivity index (χ4n) is 2.17. The van der Waals surface area contributed by atoms with E-state index in [1.807, 2.05) is 6.07 Å². The lowest BCUT2D eigenvalue weighted by Gasteiger charge is -2.09. The summed E-state index contributed by atoms with van der Waals surface area (Å²) >= 11 is 0. The van der Waals surface area contributed by atoms with E-state index in [0.717, 1.165) is 0 Å². The third kappa shape index (κ3) is 2.70. The number of aromatic nitrogens is 1. The standard InChI is InChI=1S/C14H14N2O4S/c1-19-13-3-2-6-15-12(13)9-20-11-4-5-14-10(7-11)8-16-21(14,17)18/h2-7,16H,8-9H2,1H3. The smallest absolute Gasteiger partial charge is 0.241 e. The Labute approximate surface area is 122 Å². The van der Waals surface area contributed by atoms with E-state index < -0.39 is 10.0 Å². The van der Waals surface area contributed by atoms with Crippen molar-refractivity contribution in [2.75, 3.05) is 7.11 Å². The number of methoxy groups -OCH3 is 1. The number of pyridine rings is 1. The van der Waals surface area contributed by atoms with E-state index in [-0.39, 0.29) is 6.61 Å². The number of nitrogens with one attached hydrogen (secondary N) is 1. The van der Waals surface area contributed by atoms with Crippen LogP contribution in [0.2, 0.25) is 0 Å². The molecule has 6 nitrogen and oxygen atoms in total. The second-order valence-electron chi connectivity index (χ2n) is 4.54. The summed E-state index contributed by atoms with van der Waals surface area (Å²) in [6, 6.07) is 8.51. The molecule has 1 aliphatic heterocycles. The molecule has 0 radical (unpaired) electrons. The number of hydrogen-bond donors (Lipinski definition) is 1. The Morgan fingerprint density at radius 3 is 3.00 bits per heavy atom. The highest BCUT2D eigenvalue weighted by Gasteiger charge is 2.25. The van der Waals surface area contributed by atoms with E-state index >= 15 is 0 Å². The Morgan fingerprint density at radius 2 is 2.19 bits per heavy atom. The van der Waals surface area contributed by atoms with Gasteiger partial charge in [-0.1, -0.05) is 0 Å². The zero-order chi connectivity index (χ0) is 14.9. The number of hydrogen-bond acceptors (Lipinski definition) is 5. The van der Waals surface area contributed by atoms with Crippen LogP contribution in [0, 0.1) is 0 Å². The summed E-state index contributed by atoms with van der Waals surface area (Å²) in [5.74, 6) is 1.25. The van der Waals surface area contributed by atoms with Crippen molar-refractivity contribution in [2.24, 2.45) is 0 Å². The molecule has 0 saturated carbocycles. The molecule has 110 valence electrons. The summed E-state index contributed by atoms with van der Waals surface area (Å²) in [6.07, 6.45) is 1.67. The highest BCUT2D eigenvalue weighted by molar-refractivity contribution is 7.89. The Morgan fingerprint density at radius 1 is 1.33 bits per heavy atom. The molecule has 0 saturated heterocycles. The fraction of sp³-hybridized carbons (Fsp3) is 0.214. The van der Waals surface area contributed by atoms with Gasteiger partial charge >= 0.3 is 0 Å². The maximum absolute atomic E-state index is 11.6. The van der Waals surface area contributed by atoms with Crippen molar-refractivity contribution in [3.05, 3.63) is 47.8 Å². The van der Waals surface area contributed by atoms with E-state index in [9.17, 15) is 8.42 Å². The Bertz CT molecular complexity index is 774. The maximum atomic E-state index is 11.6. The van der Waals surface area contributed by atoms with Crippen LogP contribution in [0.15, 0.2) is 41.4 Å². The van der Waals surface area contributed by atoms with Crippen LogP contribution in [-0.4, -0.2) is 20.5 Å². The monoisotopic (exact) mass is 306 g/mol. The largest absolute Gasteiger partial charge is 0.495 e. The lowest BCUT2D eigenvalue weighted by atomic mass is 10.2. The van der Waals surface area contributed by atoms with Crippen LogP contribution >= 0.6 is 0 Å². The van der Waals surface area contributed by atoms with Gasteiger partial charge in [0.15, 0.2) is 0 Å². The van der Waals surface area contributed by atoms with Crippen molar-refractivity contribution in [2.45, 2.75) is 18.0 Å². The van der Waals surface area contributed by atoms with Gasteiger partial charge in [-0.3, -0.25) is 4.98 Å². The van der Waals surface area contributed by atoms with Crippen LogP contribution in [0.4, 0.5) is 0 Å². The summed E-state index contributed by atoms with van der Waals surface area (Å²) in [4.78, 5) is 4.51. The molecule has 7 heteroatoms. The molecule has 1 aromatic carbocycles. The molecular weight excluding hydrogens is 292 g/mol. The van der Waals surface area contributed by atoms with Gasteiger partial charge in [-0.2, -0.15) is 0 Å². The van der Waals surface area contributed by atoms with Gasteiger partial charge < -0.3 is 9.47 Å². The minimum Gasteiger partial charge on any atom is -0.495 e. The zero-order valence-electron chi connectivity index (χ0n) is 11.4. The number of rotatable bonds is 4. The van der Waals surface area contributed by atoms with Crippen molar-refractivity contribution in [1.29, 1.82) is 0 Å². The van der Waals surface area contributed by atoms with Crippen molar-refractivity contribution in [3.63, 3.8) is 0 Å². The second-order valence-corrected chi connectivity index (χ2v) is 6.27. The summed E-state index contributed by atoms with van der Waals surface area (Å²) in [5.41, 5.74) is 1.40. The number of sulfonamides is 1. The molecule has 1 N–H and O–H groups in total. The maximum Gasteiger partial charge on any atom is 0.241 e. The fourth-order valence-corrected chi connectivity index (χ4v) is 3.39. The molecule has 1 aromatic heterocycles. The highest BCUT2D eigenvalue weighted by atomic mass is 32.2. The summed E-state index contributed by atoms with van der Waals surface area (Å²) in [6.45, 7) is 0.546. The van der Waals surface area contributed by atoms with E-state index in [4.69, 9.17) is 9.47 Å². The second kappa shape index (κ2) is 5.34. The summed E-state index contributed by atoms with van der Waals surface area (Å²) < 4.78 is 36.6. The molecule has 1 aliphatic rings. The van der Waals surface area contributed by atoms with Crippen LogP contribution in [0.1, 0.15) is 11.3 Å². The van der Waals surface area contributed by atoms with Gasteiger partial charge in [0.05, 0.1) is 12.0 Å². The predicted molar refractivity (Wildman–Crippen MR) is 75.6 cm³/mol. The molecule has 0 spiro atoms. The van der Waals surface area contributed by atoms with Gasteiger partial charge in [-0.25, -0.2) is 13.1 Å². The van der Waals surface area contributed by atoms with Crippen LogP contribution in [0.25, 0.3) is 0 Å². The van der Waals surface area contributed by atoms with Gasteiger partial charge in [-0.05, 0) is 35.9 Å². The first-order valence-electron chi connectivity index (χ1n) is 6.33. The van der Waals surface area contributed by atoms with Crippen molar-refractivity contribution >= 4 is 10.0 Å². The molecule has 0 unspecified atom stereocenters. The average Bonchev–Trinajstić information content (AvgIpc) is 2.80. The Kier molecular flexibility index (Phi) is 3.52. The Balaban J connectivity index is 1.78. The number of fused-ring (bicyclic) bond motifs is 1. The molecule has 2 aromatic rings. The van der Waals surface area contributed by atoms with Gasteiger partial charge in [0.1, 0.15) is 23.8 Å². The van der Waals surface area contributed by atoms with Crippen LogP contribution < -0.4 is 14.2 Å². The van der Waals surface area contributed by atoms with E-state index in [0.29, 0.717) is 34.2 Å². The molecule has 0 amide bonds. The molecule has 0 fully saturated rings. The lowest BCUT2D eigenvalue weighted by molar-refractivity contribution is 0.290. The van der Waals surface area contributed by atoms with Crippen molar-refractivity contribution in [3.8, 4) is 11.5 Å². The normalized spacial score (nSPS) is 15.5. The van der Waals surface area contributed by atoms with Crippen LogP contribution in [-0.2, 0) is 23.2 Å². The highest BCUT2D eigenvalue weighted by Crippen LogP contribution is 2.27. The minimum absolute atomic E-state index is 0.253. The van der Waals surface area contributed by atoms with E-state index in [2.05, 4.69) is 9.71 Å². The van der Waals surface area contributed by atoms with Crippen LogP contribution in [0.3, 0.4) is 0 Å². The van der Waals surface area contributed by atoms with E-state index in [1.54, 1.807) is 37.6 Å². The SMILES string of the molecule is COc1cccnc1COc1ccc2c(c1)CNS2(=O)=O. The number of nitrogens with zero attached hydrogens (tertiary/aromatic N) is 1. The first kappa shape index (κ1) is 13.8. The zero-order valence-corrected chi connectivity index (χ0v) is 12.2. The van der Waals surface area contributed by atoms with Gasteiger partial charge in [-0.15, -0.1) is 0 Å². The average molecular weight is 306 g/mol. The summed E-state index contributed by atoms with van der Waals surface area (Å²) in [7, 11) is -1.76. The first-order chi connectivity index (χ1) is 10.1.